The summed E-state index contributed by atoms with van der Waals surface area (Å²) in [5, 5.41) is 10.1. The Hall–Kier alpha value is -0.850. The van der Waals surface area contributed by atoms with Gasteiger partial charge >= 0.3 is 6.09 Å². The molecule has 16 heavy (non-hydrogen) atoms. The molecule has 0 unspecified atom stereocenters. The molecule has 4 atom stereocenters. The van der Waals surface area contributed by atoms with Crippen molar-refractivity contribution >= 4 is 6.09 Å². The lowest BCUT2D eigenvalue weighted by atomic mass is 9.95. The van der Waals surface area contributed by atoms with Crippen molar-refractivity contribution in [2.45, 2.75) is 44.0 Å². The Kier molecular flexibility index (Phi) is 1.99. The zero-order valence-electron chi connectivity index (χ0n) is 9.25. The summed E-state index contributed by atoms with van der Waals surface area (Å²) >= 11 is 0. The molecule has 0 radical (unpaired) electrons. The van der Waals surface area contributed by atoms with Crippen LogP contribution in [-0.2, 0) is 14.2 Å². The number of ether oxygens (including phenoxy) is 3. The number of piperidine rings is 1. The number of aliphatic hydroxyl groups excluding tert-OH is 1. The van der Waals surface area contributed by atoms with Crippen molar-refractivity contribution in [3.8, 4) is 0 Å². The van der Waals surface area contributed by atoms with Crippen LogP contribution in [0.15, 0.2) is 0 Å². The Balaban J connectivity index is 1.85. The SMILES string of the molecule is CC1(C)O[C@@H]2[C@@H](O)[C@@H]3COC(=O)N3C[C@@H]2O1. The first-order chi connectivity index (χ1) is 7.48. The Morgan fingerprint density at radius 2 is 2.19 bits per heavy atom. The van der Waals surface area contributed by atoms with Crippen LogP contribution in [0.5, 0.6) is 0 Å². The molecule has 0 aromatic heterocycles. The number of carbonyl (C=O) groups excluding carboxylic acids is 1. The first-order valence-corrected chi connectivity index (χ1v) is 5.45. The summed E-state index contributed by atoms with van der Waals surface area (Å²) in [6, 6.07) is -0.300. The normalized spacial score (nSPS) is 45.2. The van der Waals surface area contributed by atoms with E-state index in [2.05, 4.69) is 0 Å². The van der Waals surface area contributed by atoms with Gasteiger partial charge in [0.05, 0.1) is 12.6 Å². The smallest absolute Gasteiger partial charge is 0.410 e. The van der Waals surface area contributed by atoms with Gasteiger partial charge in [0, 0.05) is 0 Å². The van der Waals surface area contributed by atoms with Gasteiger partial charge in [-0.2, -0.15) is 0 Å². The predicted octanol–water partition coefficient (Wildman–Crippen LogP) is -0.298. The second-order valence-corrected chi connectivity index (χ2v) is 4.93. The Labute approximate surface area is 93.1 Å². The van der Waals surface area contributed by atoms with Gasteiger partial charge in [0.2, 0.25) is 0 Å². The molecule has 1 N–H and O–H groups in total. The molecule has 3 aliphatic rings. The molecule has 6 nitrogen and oxygen atoms in total. The minimum absolute atomic E-state index is 0.229. The van der Waals surface area contributed by atoms with Crippen molar-refractivity contribution in [1.29, 1.82) is 0 Å². The summed E-state index contributed by atoms with van der Waals surface area (Å²) in [5.41, 5.74) is 0. The van der Waals surface area contributed by atoms with E-state index < -0.39 is 11.9 Å². The van der Waals surface area contributed by atoms with Crippen molar-refractivity contribution in [3.63, 3.8) is 0 Å². The van der Waals surface area contributed by atoms with Gasteiger partial charge in [0.25, 0.3) is 0 Å². The first kappa shape index (κ1) is 10.3. The van der Waals surface area contributed by atoms with Crippen molar-refractivity contribution < 1.29 is 24.1 Å². The lowest BCUT2D eigenvalue weighted by Gasteiger charge is -2.37. The highest BCUT2D eigenvalue weighted by molar-refractivity contribution is 5.70. The number of hydrogen-bond donors (Lipinski definition) is 1. The van der Waals surface area contributed by atoms with Crippen molar-refractivity contribution in [2.75, 3.05) is 13.2 Å². The largest absolute Gasteiger partial charge is 0.447 e. The number of rotatable bonds is 0. The van der Waals surface area contributed by atoms with Crippen LogP contribution in [0, 0.1) is 0 Å². The standard InChI is InChI=1S/C10H15NO5/c1-10(2)15-6-3-11-5(4-14-9(11)13)7(12)8(6)16-10/h5-8,12H,3-4H2,1-2H3/t5-,6-,7-,8-/m0/s1. The minimum atomic E-state index is -0.744. The zero-order valence-corrected chi connectivity index (χ0v) is 9.25. The molecule has 3 saturated heterocycles. The molecule has 0 saturated carbocycles. The molecule has 3 rings (SSSR count). The van der Waals surface area contributed by atoms with Crippen LogP contribution in [-0.4, -0.2) is 59.4 Å². The van der Waals surface area contributed by atoms with Crippen molar-refractivity contribution in [3.05, 3.63) is 0 Å². The summed E-state index contributed by atoms with van der Waals surface area (Å²) < 4.78 is 16.2. The summed E-state index contributed by atoms with van der Waals surface area (Å²) in [7, 11) is 0. The fourth-order valence-corrected chi connectivity index (χ4v) is 2.66. The summed E-state index contributed by atoms with van der Waals surface area (Å²) in [4.78, 5) is 12.9. The van der Waals surface area contributed by atoms with Crippen LogP contribution in [0.2, 0.25) is 0 Å². The molecule has 0 bridgehead atoms. The van der Waals surface area contributed by atoms with Crippen LogP contribution in [0.4, 0.5) is 4.79 Å². The fraction of sp³-hybridized carbons (Fsp3) is 0.900. The molecule has 1 amide bonds. The maximum Gasteiger partial charge on any atom is 0.410 e. The zero-order chi connectivity index (χ0) is 11.5. The summed E-state index contributed by atoms with van der Waals surface area (Å²) in [6.07, 6.45) is -1.76. The van der Waals surface area contributed by atoms with Gasteiger partial charge in [0.15, 0.2) is 5.79 Å². The molecule has 3 aliphatic heterocycles. The molecule has 90 valence electrons. The highest BCUT2D eigenvalue weighted by Crippen LogP contribution is 2.37. The van der Waals surface area contributed by atoms with E-state index in [0.717, 1.165) is 0 Å². The van der Waals surface area contributed by atoms with E-state index in [0.29, 0.717) is 6.54 Å². The molecular weight excluding hydrogens is 214 g/mol. The van der Waals surface area contributed by atoms with Gasteiger partial charge in [-0.1, -0.05) is 0 Å². The molecule has 0 spiro atoms. The van der Waals surface area contributed by atoms with Gasteiger partial charge in [0.1, 0.15) is 24.9 Å². The number of amides is 1. The third kappa shape index (κ3) is 1.33. The average Bonchev–Trinajstić information content (AvgIpc) is 2.68. The highest BCUT2D eigenvalue weighted by atomic mass is 16.8. The fourth-order valence-electron chi connectivity index (χ4n) is 2.66. The lowest BCUT2D eigenvalue weighted by molar-refractivity contribution is -0.154. The molecule has 3 fully saturated rings. The summed E-state index contributed by atoms with van der Waals surface area (Å²) in [5.74, 6) is -0.694. The minimum Gasteiger partial charge on any atom is -0.447 e. The van der Waals surface area contributed by atoms with Crippen LogP contribution >= 0.6 is 0 Å². The van der Waals surface area contributed by atoms with E-state index in [9.17, 15) is 9.90 Å². The number of cyclic esters (lactones) is 1. The molecular formula is C10H15NO5. The van der Waals surface area contributed by atoms with Gasteiger partial charge in [-0.25, -0.2) is 4.79 Å². The van der Waals surface area contributed by atoms with E-state index >= 15 is 0 Å². The third-order valence-corrected chi connectivity index (χ3v) is 3.34. The highest BCUT2D eigenvalue weighted by Gasteiger charge is 2.55. The van der Waals surface area contributed by atoms with Crippen LogP contribution in [0.1, 0.15) is 13.8 Å². The molecule has 0 aromatic rings. The summed E-state index contributed by atoms with van der Waals surface area (Å²) in [6.45, 7) is 4.27. The van der Waals surface area contributed by atoms with Crippen LogP contribution < -0.4 is 0 Å². The average molecular weight is 229 g/mol. The van der Waals surface area contributed by atoms with Crippen molar-refractivity contribution in [2.24, 2.45) is 0 Å². The van der Waals surface area contributed by atoms with E-state index in [4.69, 9.17) is 14.2 Å². The van der Waals surface area contributed by atoms with E-state index in [-0.39, 0.29) is 30.9 Å². The predicted molar refractivity (Wildman–Crippen MR) is 51.7 cm³/mol. The Bertz CT molecular complexity index is 329. The van der Waals surface area contributed by atoms with Crippen molar-refractivity contribution in [1.82, 2.24) is 4.90 Å². The molecule has 0 aromatic carbocycles. The van der Waals surface area contributed by atoms with Gasteiger partial charge in [-0.05, 0) is 13.8 Å². The second-order valence-electron chi connectivity index (χ2n) is 4.93. The quantitative estimate of drug-likeness (QED) is 0.617. The maximum absolute atomic E-state index is 11.4. The van der Waals surface area contributed by atoms with E-state index in [1.807, 2.05) is 13.8 Å². The number of nitrogens with zero attached hydrogens (tertiary/aromatic N) is 1. The molecule has 6 heteroatoms. The number of hydrogen-bond acceptors (Lipinski definition) is 5. The Morgan fingerprint density at radius 3 is 2.94 bits per heavy atom. The number of carbonyl (C=O) groups is 1. The number of aliphatic hydroxyl groups is 1. The maximum atomic E-state index is 11.4. The van der Waals surface area contributed by atoms with Gasteiger partial charge in [-0.15, -0.1) is 0 Å². The van der Waals surface area contributed by atoms with Crippen LogP contribution in [0.25, 0.3) is 0 Å². The molecule has 3 heterocycles. The van der Waals surface area contributed by atoms with Gasteiger partial charge < -0.3 is 19.3 Å². The second kappa shape index (κ2) is 3.09. The lowest BCUT2D eigenvalue weighted by Crippen LogP contribution is -2.59. The monoisotopic (exact) mass is 229 g/mol. The first-order valence-electron chi connectivity index (χ1n) is 5.45. The van der Waals surface area contributed by atoms with E-state index in [1.165, 1.54) is 4.90 Å². The Morgan fingerprint density at radius 1 is 1.44 bits per heavy atom. The third-order valence-electron chi connectivity index (χ3n) is 3.34. The topological polar surface area (TPSA) is 68.2 Å². The number of fused-ring (bicyclic) bond motifs is 2. The molecule has 0 aliphatic carbocycles. The van der Waals surface area contributed by atoms with E-state index in [1.54, 1.807) is 0 Å². The van der Waals surface area contributed by atoms with Crippen LogP contribution in [0.3, 0.4) is 0 Å². The van der Waals surface area contributed by atoms with Gasteiger partial charge in [-0.3, -0.25) is 4.90 Å².